The van der Waals surface area contributed by atoms with Gasteiger partial charge >= 0.3 is 0 Å². The average molecular weight is 536 g/mol. The fraction of sp³-hybridized carbons (Fsp3) is 0.375. The Hall–Kier alpha value is -2.36. The Morgan fingerprint density at radius 1 is 1.00 bits per heavy atom. The van der Waals surface area contributed by atoms with Gasteiger partial charge in [-0.05, 0) is 18.4 Å². The van der Waals surface area contributed by atoms with Crippen LogP contribution in [-0.2, 0) is 4.79 Å². The van der Waals surface area contributed by atoms with Crippen LogP contribution >= 0.6 is 11.8 Å². The minimum atomic E-state index is -0.221. The Kier molecular flexibility index (Phi) is 9.51. The third-order valence-corrected chi connectivity index (χ3v) is 6.18. The summed E-state index contributed by atoms with van der Waals surface area (Å²) in [4.78, 5) is 38.2. The predicted molar refractivity (Wildman–Crippen MR) is 131 cm³/mol. The van der Waals surface area contributed by atoms with Crippen LogP contribution in [-0.4, -0.2) is 74.2 Å². The first-order chi connectivity index (χ1) is 15.2. The molecule has 4 N–H and O–H groups in total. The Labute approximate surface area is 209 Å². The van der Waals surface area contributed by atoms with Crippen molar-refractivity contribution in [1.29, 1.82) is 0 Å². The number of nitrogens with one attached hydrogen (secondary N) is 2. The van der Waals surface area contributed by atoms with Gasteiger partial charge in [0.05, 0.1) is 31.8 Å². The number of nitrogens with two attached hydrogens (primary N) is 1. The van der Waals surface area contributed by atoms with E-state index < -0.39 is 0 Å². The maximum atomic E-state index is 13.2. The van der Waals surface area contributed by atoms with Gasteiger partial charge in [0, 0.05) is 47.8 Å². The summed E-state index contributed by atoms with van der Waals surface area (Å²) in [5.41, 5.74) is 8.42. The molecular formula is C24H31BrN4O3S. The van der Waals surface area contributed by atoms with Gasteiger partial charge in [-0.2, -0.15) is 11.8 Å². The quantitative estimate of drug-likeness (QED) is 0.182. The van der Waals surface area contributed by atoms with Gasteiger partial charge in [0.25, 0.3) is 5.91 Å². The topological polar surface area (TPSA) is 101 Å². The molecule has 1 aliphatic carbocycles. The van der Waals surface area contributed by atoms with Gasteiger partial charge in [-0.1, -0.05) is 24.3 Å². The van der Waals surface area contributed by atoms with E-state index in [0.717, 1.165) is 18.7 Å². The molecule has 3 rings (SSSR count). The molecule has 0 atom stereocenters. The average Bonchev–Trinajstić information content (AvgIpc) is 2.75. The number of carbonyl (C=O) groups is 3. The Morgan fingerprint density at radius 3 is 2.27 bits per heavy atom. The number of amides is 1. The second kappa shape index (κ2) is 11.7. The van der Waals surface area contributed by atoms with Gasteiger partial charge in [0.2, 0.25) is 0 Å². The van der Waals surface area contributed by atoms with Crippen molar-refractivity contribution < 1.29 is 35.8 Å². The highest BCUT2D eigenvalue weighted by Crippen LogP contribution is 2.35. The van der Waals surface area contributed by atoms with Crippen LogP contribution in [0.5, 0.6) is 0 Å². The third-order valence-electron chi connectivity index (χ3n) is 5.56. The second-order valence-electron chi connectivity index (χ2n) is 8.60. The molecule has 2 aromatic carbocycles. The first-order valence-corrected chi connectivity index (χ1v) is 12.1. The van der Waals surface area contributed by atoms with Crippen molar-refractivity contribution in [3.05, 3.63) is 58.7 Å². The van der Waals surface area contributed by atoms with Crippen LogP contribution in [0, 0.1) is 0 Å². The monoisotopic (exact) mass is 534 g/mol. The zero-order valence-electron chi connectivity index (χ0n) is 19.2. The fourth-order valence-electron chi connectivity index (χ4n) is 3.94. The van der Waals surface area contributed by atoms with Crippen molar-refractivity contribution in [2.45, 2.75) is 6.42 Å². The molecule has 0 radical (unpaired) electrons. The van der Waals surface area contributed by atoms with E-state index in [9.17, 15) is 14.4 Å². The molecular weight excluding hydrogens is 504 g/mol. The van der Waals surface area contributed by atoms with E-state index >= 15 is 0 Å². The highest BCUT2D eigenvalue weighted by molar-refractivity contribution is 7.98. The van der Waals surface area contributed by atoms with Crippen LogP contribution < -0.4 is 33.3 Å². The number of hydrogen-bond donors (Lipinski definition) is 3. The number of likely N-dealkylation sites (N-methyl/N-ethyl adjacent to an activating group) is 1. The van der Waals surface area contributed by atoms with Crippen LogP contribution in [0.1, 0.15) is 38.3 Å². The summed E-state index contributed by atoms with van der Waals surface area (Å²) in [6.07, 6.45) is 2.81. The summed E-state index contributed by atoms with van der Waals surface area (Å²) in [5.74, 6) is 0.540. The molecule has 7 nitrogen and oxygen atoms in total. The molecule has 178 valence electrons. The number of nitrogen functional groups attached to an aromatic ring is 1. The number of nitrogens with zero attached hydrogens (tertiary/aromatic N) is 1. The molecule has 1 amide bonds. The first-order valence-electron chi connectivity index (χ1n) is 10.7. The Morgan fingerprint density at radius 2 is 1.64 bits per heavy atom. The molecule has 0 aromatic heterocycles. The molecule has 33 heavy (non-hydrogen) atoms. The highest BCUT2D eigenvalue weighted by Gasteiger charge is 2.33. The molecule has 0 saturated carbocycles. The first kappa shape index (κ1) is 26.9. The lowest BCUT2D eigenvalue weighted by atomic mass is 9.82. The predicted octanol–water partition coefficient (Wildman–Crippen LogP) is -0.594. The Balaban J connectivity index is 0.00000385. The minimum Gasteiger partial charge on any atom is -1.00 e. The van der Waals surface area contributed by atoms with Crippen LogP contribution in [0.25, 0.3) is 0 Å². The smallest absolute Gasteiger partial charge is 0.275 e. The molecule has 2 aromatic rings. The number of hydrogen-bond acceptors (Lipinski definition) is 6. The van der Waals surface area contributed by atoms with Crippen molar-refractivity contribution in [2.24, 2.45) is 0 Å². The summed E-state index contributed by atoms with van der Waals surface area (Å²) in [6, 6.07) is 10.3. The van der Waals surface area contributed by atoms with Crippen LogP contribution in [0.3, 0.4) is 0 Å². The SMILES string of the molecule is CSCCNC(=O)C[N+](C)(C)CCCNc1ccc(N)c2c1C(=O)c1ccccc1C2=O.[Br-]. The van der Waals surface area contributed by atoms with Crippen molar-refractivity contribution in [1.82, 2.24) is 5.32 Å². The summed E-state index contributed by atoms with van der Waals surface area (Å²) in [7, 11) is 4.05. The van der Waals surface area contributed by atoms with E-state index in [1.807, 2.05) is 20.4 Å². The zero-order valence-corrected chi connectivity index (χ0v) is 21.6. The minimum absolute atomic E-state index is 0. The Bertz CT molecular complexity index is 1040. The van der Waals surface area contributed by atoms with E-state index in [2.05, 4.69) is 10.6 Å². The lowest BCUT2D eigenvalue weighted by molar-refractivity contribution is -0.882. The van der Waals surface area contributed by atoms with Crippen LogP contribution in [0.4, 0.5) is 11.4 Å². The van der Waals surface area contributed by atoms with Crippen molar-refractivity contribution in [3.63, 3.8) is 0 Å². The molecule has 0 spiro atoms. The molecule has 0 fully saturated rings. The molecule has 0 saturated heterocycles. The van der Waals surface area contributed by atoms with E-state index in [4.69, 9.17) is 5.73 Å². The number of carbonyl (C=O) groups excluding carboxylic acids is 3. The molecule has 0 unspecified atom stereocenters. The molecule has 0 aliphatic heterocycles. The summed E-state index contributed by atoms with van der Waals surface area (Å²) in [6.45, 7) is 2.49. The van der Waals surface area contributed by atoms with Crippen molar-refractivity contribution in [2.75, 3.05) is 63.3 Å². The van der Waals surface area contributed by atoms with Gasteiger partial charge < -0.3 is 37.8 Å². The number of quaternary nitrogens is 1. The number of thioether (sulfide) groups is 1. The largest absolute Gasteiger partial charge is 1.00 e. The zero-order chi connectivity index (χ0) is 23.3. The number of halogens is 1. The van der Waals surface area contributed by atoms with Crippen LogP contribution in [0.15, 0.2) is 36.4 Å². The fourth-order valence-corrected chi connectivity index (χ4v) is 4.25. The van der Waals surface area contributed by atoms with Gasteiger partial charge in [-0.25, -0.2) is 0 Å². The molecule has 1 aliphatic rings. The van der Waals surface area contributed by atoms with Gasteiger partial charge in [-0.3, -0.25) is 14.4 Å². The van der Waals surface area contributed by atoms with Gasteiger partial charge in [0.15, 0.2) is 18.1 Å². The number of benzene rings is 2. The van der Waals surface area contributed by atoms with Crippen LogP contribution in [0.2, 0.25) is 0 Å². The third kappa shape index (κ3) is 6.37. The second-order valence-corrected chi connectivity index (χ2v) is 9.58. The number of rotatable bonds is 10. The number of anilines is 2. The maximum Gasteiger partial charge on any atom is 0.275 e. The van der Waals surface area contributed by atoms with Crippen molar-refractivity contribution in [3.8, 4) is 0 Å². The summed E-state index contributed by atoms with van der Waals surface area (Å²) >= 11 is 1.70. The van der Waals surface area contributed by atoms with Gasteiger partial charge in [0.1, 0.15) is 0 Å². The van der Waals surface area contributed by atoms with Crippen molar-refractivity contribution >= 4 is 40.6 Å². The number of ketones is 2. The molecule has 0 bridgehead atoms. The van der Waals surface area contributed by atoms with E-state index in [1.54, 1.807) is 48.2 Å². The molecule has 0 heterocycles. The van der Waals surface area contributed by atoms with E-state index in [0.29, 0.717) is 52.2 Å². The standard InChI is InChI=1S/C24H30N4O3S.BrH/c1-28(2,15-20(29)27-12-14-32-3)13-6-11-26-19-10-9-18(25)21-22(19)24(31)17-8-5-4-7-16(17)23(21)30;/h4-5,7-10H,6,11-15H2,1-3H3,(H3-,25,26,27,29,30,31);1H. The molecule has 9 heteroatoms. The van der Waals surface area contributed by atoms with E-state index in [1.165, 1.54) is 0 Å². The maximum absolute atomic E-state index is 13.2. The summed E-state index contributed by atoms with van der Waals surface area (Å²) in [5, 5.41) is 6.25. The lowest BCUT2D eigenvalue weighted by Gasteiger charge is -2.29. The van der Waals surface area contributed by atoms with Gasteiger partial charge in [-0.15, -0.1) is 0 Å². The number of fused-ring (bicyclic) bond motifs is 2. The summed E-state index contributed by atoms with van der Waals surface area (Å²) < 4.78 is 0.567. The lowest BCUT2D eigenvalue weighted by Crippen LogP contribution is -3.00. The normalized spacial score (nSPS) is 12.5. The highest BCUT2D eigenvalue weighted by atomic mass is 79.9. The van der Waals surface area contributed by atoms with E-state index in [-0.39, 0.29) is 40.0 Å².